The maximum absolute atomic E-state index is 5.74. The Labute approximate surface area is 119 Å². The van der Waals surface area contributed by atoms with Crippen molar-refractivity contribution in [2.75, 3.05) is 6.61 Å². The monoisotopic (exact) mass is 274 g/mol. The van der Waals surface area contributed by atoms with Gasteiger partial charge in [-0.2, -0.15) is 5.10 Å². The van der Waals surface area contributed by atoms with Gasteiger partial charge in [-0.3, -0.25) is 16.0 Å². The van der Waals surface area contributed by atoms with Gasteiger partial charge in [-0.05, 0) is 37.1 Å². The lowest BCUT2D eigenvalue weighted by Crippen LogP contribution is -2.38. The number of aromatic nitrogens is 2. The summed E-state index contributed by atoms with van der Waals surface area (Å²) in [6, 6.07) is 10.2. The average molecular weight is 274 g/mol. The van der Waals surface area contributed by atoms with E-state index in [0.717, 1.165) is 24.3 Å². The van der Waals surface area contributed by atoms with Gasteiger partial charge in [0.2, 0.25) is 0 Å². The van der Waals surface area contributed by atoms with E-state index in [4.69, 9.17) is 10.6 Å². The van der Waals surface area contributed by atoms with Gasteiger partial charge in [-0.1, -0.05) is 12.1 Å². The molecule has 0 aliphatic rings. The van der Waals surface area contributed by atoms with Crippen LogP contribution in [-0.4, -0.2) is 22.4 Å². The van der Waals surface area contributed by atoms with Crippen LogP contribution in [0, 0.1) is 6.92 Å². The molecule has 0 bridgehead atoms. The standard InChI is InChI=1S/C15H22N4O/c1-12-4-3-5-15(10-12)20-9-7-13(17-16)11-14-6-8-19(2)18-14/h3-6,8,10,13,17H,7,9,11,16H2,1-2H3. The van der Waals surface area contributed by atoms with Gasteiger partial charge in [0.15, 0.2) is 0 Å². The van der Waals surface area contributed by atoms with E-state index in [-0.39, 0.29) is 6.04 Å². The fourth-order valence-electron chi connectivity index (χ4n) is 2.09. The number of hydrazine groups is 1. The molecule has 1 heterocycles. The largest absolute Gasteiger partial charge is 0.494 e. The number of nitrogens with one attached hydrogen (secondary N) is 1. The molecule has 0 saturated carbocycles. The van der Waals surface area contributed by atoms with Crippen molar-refractivity contribution in [1.82, 2.24) is 15.2 Å². The third-order valence-corrected chi connectivity index (χ3v) is 3.18. The quantitative estimate of drug-likeness (QED) is 0.594. The molecule has 2 aromatic rings. The van der Waals surface area contributed by atoms with E-state index in [1.54, 1.807) is 4.68 Å². The third kappa shape index (κ3) is 4.36. The van der Waals surface area contributed by atoms with Crippen molar-refractivity contribution in [3.05, 3.63) is 47.8 Å². The Kier molecular flexibility index (Phi) is 5.15. The molecule has 0 radical (unpaired) electrons. The van der Waals surface area contributed by atoms with Crippen LogP contribution >= 0.6 is 0 Å². The number of aryl methyl sites for hydroxylation is 2. The molecule has 3 N–H and O–H groups in total. The normalized spacial score (nSPS) is 12.3. The maximum atomic E-state index is 5.74. The second-order valence-corrected chi connectivity index (χ2v) is 5.00. The molecule has 1 unspecified atom stereocenters. The molecule has 0 amide bonds. The second-order valence-electron chi connectivity index (χ2n) is 5.00. The van der Waals surface area contributed by atoms with E-state index in [0.29, 0.717) is 6.61 Å². The zero-order chi connectivity index (χ0) is 14.4. The topological polar surface area (TPSA) is 65.1 Å². The molecule has 0 aliphatic carbocycles. The first-order chi connectivity index (χ1) is 9.67. The van der Waals surface area contributed by atoms with Crippen molar-refractivity contribution in [3.63, 3.8) is 0 Å². The zero-order valence-electron chi connectivity index (χ0n) is 12.0. The van der Waals surface area contributed by atoms with Gasteiger partial charge in [0, 0.05) is 25.7 Å². The zero-order valence-corrected chi connectivity index (χ0v) is 12.0. The molecule has 0 spiro atoms. The molecule has 5 nitrogen and oxygen atoms in total. The van der Waals surface area contributed by atoms with Crippen molar-refractivity contribution in [1.29, 1.82) is 0 Å². The molecule has 5 heteroatoms. The first-order valence-electron chi connectivity index (χ1n) is 6.81. The lowest BCUT2D eigenvalue weighted by atomic mass is 10.1. The van der Waals surface area contributed by atoms with E-state index in [2.05, 4.69) is 23.5 Å². The lowest BCUT2D eigenvalue weighted by molar-refractivity contribution is 0.284. The fraction of sp³-hybridized carbons (Fsp3) is 0.400. The Bertz CT molecular complexity index is 538. The molecule has 108 valence electrons. The minimum absolute atomic E-state index is 0.162. The van der Waals surface area contributed by atoms with E-state index >= 15 is 0 Å². The van der Waals surface area contributed by atoms with Crippen LogP contribution in [0.1, 0.15) is 17.7 Å². The molecule has 1 atom stereocenters. The molecular formula is C15H22N4O. The Morgan fingerprint density at radius 1 is 1.40 bits per heavy atom. The number of rotatable bonds is 7. The van der Waals surface area contributed by atoms with Crippen molar-refractivity contribution in [3.8, 4) is 5.75 Å². The van der Waals surface area contributed by atoms with Crippen LogP contribution in [0.15, 0.2) is 36.5 Å². The second kappa shape index (κ2) is 7.07. The number of hydrogen-bond donors (Lipinski definition) is 2. The molecule has 1 aromatic heterocycles. The first kappa shape index (κ1) is 14.6. The Hall–Kier alpha value is -1.85. The number of ether oxygens (including phenoxy) is 1. The van der Waals surface area contributed by atoms with E-state index < -0.39 is 0 Å². The highest BCUT2D eigenvalue weighted by atomic mass is 16.5. The molecule has 0 fully saturated rings. The van der Waals surface area contributed by atoms with Crippen LogP contribution in [0.4, 0.5) is 0 Å². The minimum atomic E-state index is 0.162. The van der Waals surface area contributed by atoms with Gasteiger partial charge in [-0.15, -0.1) is 0 Å². The van der Waals surface area contributed by atoms with Crippen LogP contribution in [0.3, 0.4) is 0 Å². The van der Waals surface area contributed by atoms with Crippen molar-refractivity contribution < 1.29 is 4.74 Å². The van der Waals surface area contributed by atoms with Gasteiger partial charge in [0.05, 0.1) is 12.3 Å². The number of hydrogen-bond acceptors (Lipinski definition) is 4. The van der Waals surface area contributed by atoms with Crippen LogP contribution in [-0.2, 0) is 13.5 Å². The SMILES string of the molecule is Cc1cccc(OCCC(Cc2ccn(C)n2)NN)c1. The highest BCUT2D eigenvalue weighted by Crippen LogP contribution is 2.13. The van der Waals surface area contributed by atoms with Crippen molar-refractivity contribution >= 4 is 0 Å². The predicted molar refractivity (Wildman–Crippen MR) is 79.3 cm³/mol. The van der Waals surface area contributed by atoms with Crippen molar-refractivity contribution in [2.24, 2.45) is 12.9 Å². The van der Waals surface area contributed by atoms with Gasteiger partial charge in [-0.25, -0.2) is 0 Å². The van der Waals surface area contributed by atoms with Crippen LogP contribution < -0.4 is 16.0 Å². The summed E-state index contributed by atoms with van der Waals surface area (Å²) in [6.45, 7) is 2.68. The van der Waals surface area contributed by atoms with Crippen LogP contribution in [0.5, 0.6) is 5.75 Å². The summed E-state index contributed by atoms with van der Waals surface area (Å²) in [4.78, 5) is 0. The summed E-state index contributed by atoms with van der Waals surface area (Å²) in [5.41, 5.74) is 5.06. The van der Waals surface area contributed by atoms with Gasteiger partial charge < -0.3 is 4.74 Å². The summed E-state index contributed by atoms with van der Waals surface area (Å²) in [7, 11) is 1.91. The first-order valence-corrected chi connectivity index (χ1v) is 6.81. The maximum Gasteiger partial charge on any atom is 0.119 e. The Balaban J connectivity index is 1.79. The highest BCUT2D eigenvalue weighted by molar-refractivity contribution is 5.27. The van der Waals surface area contributed by atoms with Crippen LogP contribution in [0.25, 0.3) is 0 Å². The summed E-state index contributed by atoms with van der Waals surface area (Å²) in [5, 5.41) is 4.36. The number of nitrogens with zero attached hydrogens (tertiary/aromatic N) is 2. The Morgan fingerprint density at radius 3 is 2.90 bits per heavy atom. The predicted octanol–water partition coefficient (Wildman–Crippen LogP) is 1.57. The molecule has 1 aromatic carbocycles. The summed E-state index contributed by atoms with van der Waals surface area (Å²) < 4.78 is 7.54. The van der Waals surface area contributed by atoms with E-state index in [9.17, 15) is 0 Å². The smallest absolute Gasteiger partial charge is 0.119 e. The molecule has 2 rings (SSSR count). The summed E-state index contributed by atoms with van der Waals surface area (Å²) in [6.07, 6.45) is 3.57. The van der Waals surface area contributed by atoms with E-state index in [1.165, 1.54) is 5.56 Å². The third-order valence-electron chi connectivity index (χ3n) is 3.18. The molecular weight excluding hydrogens is 252 g/mol. The minimum Gasteiger partial charge on any atom is -0.494 e. The molecule has 20 heavy (non-hydrogen) atoms. The fourth-order valence-corrected chi connectivity index (χ4v) is 2.09. The van der Waals surface area contributed by atoms with Gasteiger partial charge >= 0.3 is 0 Å². The number of benzene rings is 1. The van der Waals surface area contributed by atoms with Gasteiger partial charge in [0.1, 0.15) is 5.75 Å². The lowest BCUT2D eigenvalue weighted by Gasteiger charge is -2.15. The van der Waals surface area contributed by atoms with Crippen molar-refractivity contribution in [2.45, 2.75) is 25.8 Å². The summed E-state index contributed by atoms with van der Waals surface area (Å²) >= 11 is 0. The molecule has 0 saturated heterocycles. The molecule has 0 aliphatic heterocycles. The van der Waals surface area contributed by atoms with Crippen LogP contribution in [0.2, 0.25) is 0 Å². The van der Waals surface area contributed by atoms with E-state index in [1.807, 2.05) is 37.5 Å². The Morgan fingerprint density at radius 2 is 2.25 bits per heavy atom. The highest BCUT2D eigenvalue weighted by Gasteiger charge is 2.10. The number of nitrogens with two attached hydrogens (primary N) is 1. The summed E-state index contributed by atoms with van der Waals surface area (Å²) in [5.74, 6) is 6.49. The average Bonchev–Trinajstić information content (AvgIpc) is 2.83. The van der Waals surface area contributed by atoms with Gasteiger partial charge in [0.25, 0.3) is 0 Å².